The van der Waals surface area contributed by atoms with Crippen LogP contribution in [-0.2, 0) is 6.54 Å². The van der Waals surface area contributed by atoms with Gasteiger partial charge in [0.05, 0.1) is 0 Å². The van der Waals surface area contributed by atoms with Gasteiger partial charge >= 0.3 is 5.97 Å². The SMILES string of the molecule is CCC(C)Cn1ccc(C(=O)O)n1. The minimum absolute atomic E-state index is 0.114. The Labute approximate surface area is 77.2 Å². The van der Waals surface area contributed by atoms with Gasteiger partial charge in [-0.3, -0.25) is 4.68 Å². The Morgan fingerprint density at radius 2 is 2.46 bits per heavy atom. The second-order valence-corrected chi connectivity index (χ2v) is 3.24. The minimum Gasteiger partial charge on any atom is -0.476 e. The quantitative estimate of drug-likeness (QED) is 0.769. The molecule has 1 N–H and O–H groups in total. The fourth-order valence-electron chi connectivity index (χ4n) is 1.03. The van der Waals surface area contributed by atoms with Gasteiger partial charge in [0.25, 0.3) is 0 Å². The van der Waals surface area contributed by atoms with Gasteiger partial charge < -0.3 is 5.11 Å². The van der Waals surface area contributed by atoms with Crippen molar-refractivity contribution in [3.8, 4) is 0 Å². The zero-order valence-electron chi connectivity index (χ0n) is 7.90. The third-order valence-electron chi connectivity index (χ3n) is 2.06. The first-order valence-corrected chi connectivity index (χ1v) is 4.40. The Morgan fingerprint density at radius 1 is 1.77 bits per heavy atom. The van der Waals surface area contributed by atoms with E-state index in [1.165, 1.54) is 6.07 Å². The van der Waals surface area contributed by atoms with E-state index in [1.54, 1.807) is 10.9 Å². The second kappa shape index (κ2) is 4.07. The van der Waals surface area contributed by atoms with Gasteiger partial charge in [0.2, 0.25) is 0 Å². The van der Waals surface area contributed by atoms with Crippen LogP contribution in [0.3, 0.4) is 0 Å². The molecule has 0 saturated heterocycles. The van der Waals surface area contributed by atoms with Crippen LogP contribution in [0.2, 0.25) is 0 Å². The van der Waals surface area contributed by atoms with Gasteiger partial charge in [0.1, 0.15) is 0 Å². The molecule has 13 heavy (non-hydrogen) atoms. The number of carboxylic acid groups (broad SMARTS) is 1. The third-order valence-corrected chi connectivity index (χ3v) is 2.06. The fraction of sp³-hybridized carbons (Fsp3) is 0.556. The van der Waals surface area contributed by atoms with E-state index in [9.17, 15) is 4.79 Å². The van der Waals surface area contributed by atoms with Crippen molar-refractivity contribution in [1.29, 1.82) is 0 Å². The predicted octanol–water partition coefficient (Wildman–Crippen LogP) is 1.63. The van der Waals surface area contributed by atoms with Crippen LogP contribution in [0.4, 0.5) is 0 Å². The molecule has 0 spiro atoms. The van der Waals surface area contributed by atoms with E-state index in [1.807, 2.05) is 0 Å². The van der Waals surface area contributed by atoms with Gasteiger partial charge in [-0.1, -0.05) is 20.3 Å². The summed E-state index contributed by atoms with van der Waals surface area (Å²) in [6.07, 6.45) is 2.78. The highest BCUT2D eigenvalue weighted by Gasteiger charge is 2.07. The van der Waals surface area contributed by atoms with E-state index in [2.05, 4.69) is 18.9 Å². The number of hydrogen-bond acceptors (Lipinski definition) is 2. The average molecular weight is 182 g/mol. The van der Waals surface area contributed by atoms with Crippen LogP contribution >= 0.6 is 0 Å². The van der Waals surface area contributed by atoms with Gasteiger partial charge in [0, 0.05) is 12.7 Å². The van der Waals surface area contributed by atoms with Gasteiger partial charge in [-0.25, -0.2) is 4.79 Å². The predicted molar refractivity (Wildman–Crippen MR) is 48.6 cm³/mol. The van der Waals surface area contributed by atoms with E-state index < -0.39 is 5.97 Å². The molecule has 0 aliphatic heterocycles. The number of aromatic nitrogens is 2. The first kappa shape index (κ1) is 9.77. The lowest BCUT2D eigenvalue weighted by Crippen LogP contribution is -2.08. The summed E-state index contributed by atoms with van der Waals surface area (Å²) in [5, 5.41) is 12.5. The van der Waals surface area contributed by atoms with Crippen molar-refractivity contribution < 1.29 is 9.90 Å². The summed E-state index contributed by atoms with van der Waals surface area (Å²) in [5.74, 6) is -0.440. The molecule has 0 aliphatic rings. The highest BCUT2D eigenvalue weighted by Crippen LogP contribution is 2.04. The van der Waals surface area contributed by atoms with Crippen molar-refractivity contribution >= 4 is 5.97 Å². The minimum atomic E-state index is -0.970. The number of aromatic carboxylic acids is 1. The maximum absolute atomic E-state index is 10.5. The summed E-state index contributed by atoms with van der Waals surface area (Å²) in [7, 11) is 0. The Balaban J connectivity index is 2.64. The summed E-state index contributed by atoms with van der Waals surface area (Å²) in [5.41, 5.74) is 0.114. The molecule has 1 heterocycles. The maximum Gasteiger partial charge on any atom is 0.356 e. The molecule has 4 heteroatoms. The monoisotopic (exact) mass is 182 g/mol. The highest BCUT2D eigenvalue weighted by atomic mass is 16.4. The third kappa shape index (κ3) is 2.57. The first-order chi connectivity index (χ1) is 6.13. The van der Waals surface area contributed by atoms with Crippen molar-refractivity contribution in [2.45, 2.75) is 26.8 Å². The van der Waals surface area contributed by atoms with Crippen molar-refractivity contribution in [1.82, 2.24) is 9.78 Å². The molecule has 1 rings (SSSR count). The summed E-state index contributed by atoms with van der Waals surface area (Å²) in [6, 6.07) is 1.52. The standard InChI is InChI=1S/C9H14N2O2/c1-3-7(2)6-11-5-4-8(10-11)9(12)13/h4-5,7H,3,6H2,1-2H3,(H,12,13). The number of carboxylic acids is 1. The molecule has 0 amide bonds. The lowest BCUT2D eigenvalue weighted by atomic mass is 10.1. The number of rotatable bonds is 4. The van der Waals surface area contributed by atoms with Gasteiger partial charge in [0.15, 0.2) is 5.69 Å². The number of carbonyl (C=O) groups is 1. The Kier molecular flexibility index (Phi) is 3.06. The number of hydrogen-bond donors (Lipinski definition) is 1. The molecule has 1 aromatic rings. The Bertz CT molecular complexity index is 294. The first-order valence-electron chi connectivity index (χ1n) is 4.40. The summed E-state index contributed by atoms with van der Waals surface area (Å²) in [4.78, 5) is 10.5. The molecule has 0 aromatic carbocycles. The average Bonchev–Trinajstić information content (AvgIpc) is 2.52. The topological polar surface area (TPSA) is 55.1 Å². The van der Waals surface area contributed by atoms with Crippen LogP contribution in [0.25, 0.3) is 0 Å². The van der Waals surface area contributed by atoms with Crippen LogP contribution in [0.15, 0.2) is 12.3 Å². The molecule has 72 valence electrons. The van der Waals surface area contributed by atoms with Crippen LogP contribution in [0, 0.1) is 5.92 Å². The van der Waals surface area contributed by atoms with Crippen molar-refractivity contribution in [2.75, 3.05) is 0 Å². The molecule has 0 aliphatic carbocycles. The largest absolute Gasteiger partial charge is 0.476 e. The van der Waals surface area contributed by atoms with Gasteiger partial charge in [-0.05, 0) is 12.0 Å². The summed E-state index contributed by atoms with van der Waals surface area (Å²) < 4.78 is 1.68. The van der Waals surface area contributed by atoms with Crippen LogP contribution in [-0.4, -0.2) is 20.9 Å². The number of nitrogens with zero attached hydrogens (tertiary/aromatic N) is 2. The second-order valence-electron chi connectivity index (χ2n) is 3.24. The zero-order chi connectivity index (χ0) is 9.84. The summed E-state index contributed by atoms with van der Waals surface area (Å²) in [6.45, 7) is 5.00. The van der Waals surface area contributed by atoms with Gasteiger partial charge in [-0.2, -0.15) is 5.10 Å². The van der Waals surface area contributed by atoms with Gasteiger partial charge in [-0.15, -0.1) is 0 Å². The van der Waals surface area contributed by atoms with E-state index in [4.69, 9.17) is 5.11 Å². The smallest absolute Gasteiger partial charge is 0.356 e. The van der Waals surface area contributed by atoms with E-state index in [0.717, 1.165) is 13.0 Å². The lowest BCUT2D eigenvalue weighted by Gasteiger charge is -2.07. The molecule has 0 radical (unpaired) electrons. The highest BCUT2D eigenvalue weighted by molar-refractivity contribution is 5.84. The van der Waals surface area contributed by atoms with Crippen LogP contribution in [0.5, 0.6) is 0 Å². The Hall–Kier alpha value is -1.32. The van der Waals surface area contributed by atoms with E-state index >= 15 is 0 Å². The van der Waals surface area contributed by atoms with Crippen LogP contribution in [0.1, 0.15) is 30.8 Å². The fourth-order valence-corrected chi connectivity index (χ4v) is 1.03. The van der Waals surface area contributed by atoms with Crippen LogP contribution < -0.4 is 0 Å². The van der Waals surface area contributed by atoms with Crippen molar-refractivity contribution in [3.63, 3.8) is 0 Å². The molecule has 1 unspecified atom stereocenters. The molecule has 1 aromatic heterocycles. The van der Waals surface area contributed by atoms with E-state index in [-0.39, 0.29) is 5.69 Å². The molecule has 0 saturated carbocycles. The molecular weight excluding hydrogens is 168 g/mol. The molecule has 0 bridgehead atoms. The maximum atomic E-state index is 10.5. The Morgan fingerprint density at radius 3 is 2.92 bits per heavy atom. The molecular formula is C9H14N2O2. The summed E-state index contributed by atoms with van der Waals surface area (Å²) >= 11 is 0. The zero-order valence-corrected chi connectivity index (χ0v) is 7.90. The molecule has 1 atom stereocenters. The van der Waals surface area contributed by atoms with Crippen molar-refractivity contribution in [2.24, 2.45) is 5.92 Å². The van der Waals surface area contributed by atoms with Crippen molar-refractivity contribution in [3.05, 3.63) is 18.0 Å². The molecule has 4 nitrogen and oxygen atoms in total. The lowest BCUT2D eigenvalue weighted by molar-refractivity contribution is 0.0689. The normalized spacial score (nSPS) is 12.8. The van der Waals surface area contributed by atoms with E-state index in [0.29, 0.717) is 5.92 Å². The molecule has 0 fully saturated rings.